The number of carbonyl (C=O) groups excluding carboxylic acids is 2. The second-order valence-corrected chi connectivity index (χ2v) is 6.24. The summed E-state index contributed by atoms with van der Waals surface area (Å²) in [6, 6.07) is 7.36. The first kappa shape index (κ1) is 16.2. The van der Waals surface area contributed by atoms with Gasteiger partial charge in [0, 0.05) is 36.6 Å². The molecule has 6 heteroatoms. The number of hydrogen-bond acceptors (Lipinski definition) is 3. The zero-order valence-electron chi connectivity index (χ0n) is 14.0. The molecule has 1 fully saturated rings. The maximum Gasteiger partial charge on any atom is 0.255 e. The molecule has 1 aliphatic heterocycles. The van der Waals surface area contributed by atoms with Crippen molar-refractivity contribution in [3.63, 3.8) is 0 Å². The predicted octanol–water partition coefficient (Wildman–Crippen LogP) is 2.52. The van der Waals surface area contributed by atoms with Gasteiger partial charge < -0.3 is 15.2 Å². The van der Waals surface area contributed by atoms with Crippen LogP contribution < -0.4 is 5.32 Å². The van der Waals surface area contributed by atoms with E-state index in [9.17, 15) is 9.59 Å². The largest absolute Gasteiger partial charge is 0.365 e. The summed E-state index contributed by atoms with van der Waals surface area (Å²) in [5.74, 6) is 0.524. The van der Waals surface area contributed by atoms with Gasteiger partial charge in [0.25, 0.3) is 5.91 Å². The van der Waals surface area contributed by atoms with Crippen molar-refractivity contribution >= 4 is 17.6 Å². The fourth-order valence-electron chi connectivity index (χ4n) is 3.04. The first-order valence-corrected chi connectivity index (χ1v) is 8.22. The molecule has 2 N–H and O–H groups in total. The van der Waals surface area contributed by atoms with E-state index >= 15 is 0 Å². The molecule has 0 aliphatic carbocycles. The third kappa shape index (κ3) is 3.48. The van der Waals surface area contributed by atoms with E-state index in [4.69, 9.17) is 0 Å². The van der Waals surface area contributed by atoms with Crippen LogP contribution in [0, 0.1) is 19.8 Å². The fraction of sp³-hybridized carbons (Fsp3) is 0.389. The minimum atomic E-state index is -0.0799. The van der Waals surface area contributed by atoms with Crippen LogP contribution in [0.3, 0.4) is 0 Å². The molecule has 3 heterocycles. The molecule has 0 spiro atoms. The zero-order valence-corrected chi connectivity index (χ0v) is 14.0. The Balaban J connectivity index is 1.56. The highest BCUT2D eigenvalue weighted by Crippen LogP contribution is 2.21. The fourth-order valence-corrected chi connectivity index (χ4v) is 3.04. The lowest BCUT2D eigenvalue weighted by Crippen LogP contribution is -2.41. The van der Waals surface area contributed by atoms with E-state index in [1.165, 1.54) is 0 Å². The van der Waals surface area contributed by atoms with E-state index in [-0.39, 0.29) is 17.7 Å². The third-order valence-electron chi connectivity index (χ3n) is 4.48. The third-order valence-corrected chi connectivity index (χ3v) is 4.48. The second kappa shape index (κ2) is 6.86. The zero-order chi connectivity index (χ0) is 17.1. The highest BCUT2D eigenvalue weighted by molar-refractivity contribution is 5.96. The van der Waals surface area contributed by atoms with Crippen LogP contribution in [0.25, 0.3) is 0 Å². The normalized spacial score (nSPS) is 15.3. The summed E-state index contributed by atoms with van der Waals surface area (Å²) in [4.78, 5) is 34.0. The van der Waals surface area contributed by atoms with Crippen LogP contribution in [-0.4, -0.2) is 39.8 Å². The molecule has 2 amide bonds. The molecule has 2 aromatic rings. The summed E-state index contributed by atoms with van der Waals surface area (Å²) >= 11 is 0. The average Bonchev–Trinajstić information content (AvgIpc) is 3.00. The van der Waals surface area contributed by atoms with Crippen LogP contribution in [0.4, 0.5) is 5.82 Å². The van der Waals surface area contributed by atoms with Gasteiger partial charge in [-0.05, 0) is 44.9 Å². The molecule has 0 aromatic carbocycles. The highest BCUT2D eigenvalue weighted by atomic mass is 16.2. The lowest BCUT2D eigenvalue weighted by molar-refractivity contribution is -0.121. The number of aromatic nitrogens is 2. The van der Waals surface area contributed by atoms with Gasteiger partial charge >= 0.3 is 0 Å². The molecule has 0 bridgehead atoms. The molecule has 24 heavy (non-hydrogen) atoms. The Labute approximate surface area is 141 Å². The van der Waals surface area contributed by atoms with E-state index in [0.29, 0.717) is 37.3 Å². The van der Waals surface area contributed by atoms with Crippen LogP contribution in [0.5, 0.6) is 0 Å². The number of aromatic amines is 1. The summed E-state index contributed by atoms with van der Waals surface area (Å²) < 4.78 is 0. The molecule has 6 nitrogen and oxygen atoms in total. The van der Waals surface area contributed by atoms with Crippen molar-refractivity contribution < 1.29 is 9.59 Å². The number of anilines is 1. The van der Waals surface area contributed by atoms with Gasteiger partial charge in [0.2, 0.25) is 5.91 Å². The number of amides is 2. The smallest absolute Gasteiger partial charge is 0.255 e. The van der Waals surface area contributed by atoms with Gasteiger partial charge in [0.15, 0.2) is 0 Å². The summed E-state index contributed by atoms with van der Waals surface area (Å²) in [5.41, 5.74) is 2.46. The van der Waals surface area contributed by atoms with Crippen LogP contribution in [0.15, 0.2) is 30.5 Å². The Bertz CT molecular complexity index is 745. The SMILES string of the molecule is Cc1cccc(NC(=O)C2CCN(C(=O)c3cc[nH]c3C)CC2)n1. The summed E-state index contributed by atoms with van der Waals surface area (Å²) in [6.45, 7) is 4.98. The first-order valence-electron chi connectivity index (χ1n) is 8.22. The van der Waals surface area contributed by atoms with Crippen molar-refractivity contribution in [2.75, 3.05) is 18.4 Å². The minimum Gasteiger partial charge on any atom is -0.365 e. The van der Waals surface area contributed by atoms with Crippen molar-refractivity contribution in [1.82, 2.24) is 14.9 Å². The van der Waals surface area contributed by atoms with Gasteiger partial charge in [-0.2, -0.15) is 0 Å². The number of rotatable bonds is 3. The Hall–Kier alpha value is -2.63. The molecule has 0 saturated carbocycles. The van der Waals surface area contributed by atoms with Crippen LogP contribution >= 0.6 is 0 Å². The monoisotopic (exact) mass is 326 g/mol. The van der Waals surface area contributed by atoms with Crippen LogP contribution in [0.2, 0.25) is 0 Å². The number of hydrogen-bond donors (Lipinski definition) is 2. The minimum absolute atomic E-state index is 0.0157. The molecule has 2 aromatic heterocycles. The van der Waals surface area contributed by atoms with Gasteiger partial charge in [0.1, 0.15) is 5.82 Å². The van der Waals surface area contributed by atoms with Crippen LogP contribution in [-0.2, 0) is 4.79 Å². The number of pyridine rings is 1. The molecule has 1 saturated heterocycles. The summed E-state index contributed by atoms with van der Waals surface area (Å²) in [5, 5.41) is 2.87. The lowest BCUT2D eigenvalue weighted by Gasteiger charge is -2.31. The van der Waals surface area contributed by atoms with E-state index in [2.05, 4.69) is 15.3 Å². The number of nitrogens with one attached hydrogen (secondary N) is 2. The summed E-state index contributed by atoms with van der Waals surface area (Å²) in [6.07, 6.45) is 3.12. The van der Waals surface area contributed by atoms with Crippen molar-refractivity contribution in [3.05, 3.63) is 47.4 Å². The van der Waals surface area contributed by atoms with Gasteiger partial charge in [-0.1, -0.05) is 6.07 Å². The molecule has 0 unspecified atom stereocenters. The Morgan fingerprint density at radius 2 is 1.96 bits per heavy atom. The van der Waals surface area contributed by atoms with Gasteiger partial charge in [-0.3, -0.25) is 9.59 Å². The van der Waals surface area contributed by atoms with Crippen molar-refractivity contribution in [2.45, 2.75) is 26.7 Å². The number of nitrogens with zero attached hydrogens (tertiary/aromatic N) is 2. The van der Waals surface area contributed by atoms with Crippen molar-refractivity contribution in [1.29, 1.82) is 0 Å². The maximum absolute atomic E-state index is 12.5. The Kier molecular flexibility index (Phi) is 4.64. The van der Waals surface area contributed by atoms with Crippen molar-refractivity contribution in [2.24, 2.45) is 5.92 Å². The number of piperidine rings is 1. The first-order chi connectivity index (χ1) is 11.5. The molecule has 1 aliphatic rings. The van der Waals surface area contributed by atoms with Crippen LogP contribution in [0.1, 0.15) is 34.6 Å². The number of aryl methyl sites for hydroxylation is 2. The lowest BCUT2D eigenvalue weighted by atomic mass is 9.95. The van der Waals surface area contributed by atoms with E-state index in [0.717, 1.165) is 11.4 Å². The predicted molar refractivity (Wildman–Crippen MR) is 91.8 cm³/mol. The molecule has 3 rings (SSSR count). The van der Waals surface area contributed by atoms with E-state index < -0.39 is 0 Å². The quantitative estimate of drug-likeness (QED) is 0.910. The Morgan fingerprint density at radius 3 is 2.58 bits per heavy atom. The standard InChI is InChI=1S/C18H22N4O2/c1-12-4-3-5-16(20-12)21-17(23)14-7-10-22(11-8-14)18(24)15-6-9-19-13(15)2/h3-6,9,14,19H,7-8,10-11H2,1-2H3,(H,20,21,23). The van der Waals surface area contributed by atoms with E-state index in [1.54, 1.807) is 18.3 Å². The number of carbonyl (C=O) groups is 2. The van der Waals surface area contributed by atoms with Gasteiger partial charge in [-0.15, -0.1) is 0 Å². The molecule has 0 atom stereocenters. The highest BCUT2D eigenvalue weighted by Gasteiger charge is 2.28. The molecular weight excluding hydrogens is 304 g/mol. The van der Waals surface area contributed by atoms with Gasteiger partial charge in [-0.25, -0.2) is 4.98 Å². The molecule has 126 valence electrons. The van der Waals surface area contributed by atoms with Gasteiger partial charge in [0.05, 0.1) is 5.56 Å². The number of H-pyrrole nitrogens is 1. The Morgan fingerprint density at radius 1 is 1.21 bits per heavy atom. The second-order valence-electron chi connectivity index (χ2n) is 6.24. The summed E-state index contributed by atoms with van der Waals surface area (Å²) in [7, 11) is 0. The molecular formula is C18H22N4O2. The van der Waals surface area contributed by atoms with Crippen molar-refractivity contribution in [3.8, 4) is 0 Å². The topological polar surface area (TPSA) is 78.1 Å². The maximum atomic E-state index is 12.5. The average molecular weight is 326 g/mol. The van der Waals surface area contributed by atoms with E-state index in [1.807, 2.05) is 30.9 Å². The molecule has 0 radical (unpaired) electrons. The number of likely N-dealkylation sites (tertiary alicyclic amines) is 1.